The molecule has 0 heterocycles. The molecule has 0 amide bonds. The Morgan fingerprint density at radius 1 is 0.909 bits per heavy atom. The lowest BCUT2D eigenvalue weighted by atomic mass is 10.1. The molecule has 3 aromatic carbocycles. The third-order valence-corrected chi connectivity index (χ3v) is 4.70. The zero-order chi connectivity index (χ0) is 24.3. The first-order valence-corrected chi connectivity index (χ1v) is 9.52. The van der Waals surface area contributed by atoms with Gasteiger partial charge in [-0.3, -0.25) is 25.2 Å². The molecule has 3 aromatic rings. The Kier molecular flexibility index (Phi) is 6.84. The van der Waals surface area contributed by atoms with Gasteiger partial charge in [0, 0.05) is 24.4 Å². The highest BCUT2D eigenvalue weighted by Gasteiger charge is 2.33. The number of aliphatic imine (C=N–C) groups is 1. The summed E-state index contributed by atoms with van der Waals surface area (Å²) in [4.78, 5) is 24.5. The second-order valence-electron chi connectivity index (χ2n) is 6.38. The number of hydrogen-bond acceptors (Lipinski definition) is 6. The van der Waals surface area contributed by atoms with Crippen molar-refractivity contribution >= 4 is 46.5 Å². The second kappa shape index (κ2) is 9.43. The summed E-state index contributed by atoms with van der Waals surface area (Å²) in [6, 6.07) is 9.94. The maximum Gasteiger partial charge on any atom is 0.416 e. The lowest BCUT2D eigenvalue weighted by Crippen LogP contribution is -2.06. The first-order chi connectivity index (χ1) is 15.5. The van der Waals surface area contributed by atoms with Gasteiger partial charge in [0.2, 0.25) is 5.75 Å². The lowest BCUT2D eigenvalue weighted by molar-refractivity contribution is -0.385. The van der Waals surface area contributed by atoms with E-state index >= 15 is 0 Å². The van der Waals surface area contributed by atoms with Crippen LogP contribution in [0.25, 0.3) is 0 Å². The number of benzene rings is 3. The fourth-order valence-electron chi connectivity index (χ4n) is 2.59. The minimum Gasteiger partial charge on any atom is -0.447 e. The maximum absolute atomic E-state index is 12.9. The molecule has 0 unspecified atom stereocenters. The summed E-state index contributed by atoms with van der Waals surface area (Å²) in [5.74, 6) is -0.683. The van der Waals surface area contributed by atoms with Gasteiger partial charge in [-0.2, -0.15) is 13.2 Å². The molecule has 33 heavy (non-hydrogen) atoms. The van der Waals surface area contributed by atoms with Gasteiger partial charge < -0.3 is 4.74 Å². The Morgan fingerprint density at radius 2 is 1.52 bits per heavy atom. The molecule has 0 radical (unpaired) electrons. The molecule has 0 saturated heterocycles. The van der Waals surface area contributed by atoms with Crippen molar-refractivity contribution in [2.24, 2.45) is 4.99 Å². The van der Waals surface area contributed by atoms with Crippen LogP contribution in [0.5, 0.6) is 11.5 Å². The Morgan fingerprint density at radius 3 is 2.03 bits per heavy atom. The Balaban J connectivity index is 1.88. The van der Waals surface area contributed by atoms with E-state index in [9.17, 15) is 33.4 Å². The second-order valence-corrected chi connectivity index (χ2v) is 7.20. The van der Waals surface area contributed by atoms with Crippen molar-refractivity contribution in [1.29, 1.82) is 0 Å². The molecule has 0 saturated carbocycles. The molecule has 0 aromatic heterocycles. The van der Waals surface area contributed by atoms with Crippen LogP contribution < -0.4 is 4.74 Å². The van der Waals surface area contributed by atoms with E-state index < -0.39 is 33.0 Å². The highest BCUT2D eigenvalue weighted by atomic mass is 35.5. The minimum absolute atomic E-state index is 0.0816. The molecule has 0 N–H and O–H groups in total. The van der Waals surface area contributed by atoms with E-state index in [1.54, 1.807) is 0 Å². The third kappa shape index (κ3) is 5.76. The highest BCUT2D eigenvalue weighted by molar-refractivity contribution is 6.37. The number of ether oxygens (including phenoxy) is 1. The van der Waals surface area contributed by atoms with Gasteiger partial charge in [-0.1, -0.05) is 23.2 Å². The Hall–Kier alpha value is -3.70. The number of alkyl halides is 3. The van der Waals surface area contributed by atoms with Gasteiger partial charge in [0.1, 0.15) is 0 Å². The molecule has 0 bridgehead atoms. The van der Waals surface area contributed by atoms with E-state index in [0.29, 0.717) is 23.4 Å². The number of nitro groups is 2. The van der Waals surface area contributed by atoms with Crippen LogP contribution in [0.3, 0.4) is 0 Å². The number of nitro benzene ring substituents is 2. The number of halogens is 5. The molecule has 0 aliphatic carbocycles. The minimum atomic E-state index is -4.77. The van der Waals surface area contributed by atoms with Gasteiger partial charge >= 0.3 is 11.9 Å². The first-order valence-electron chi connectivity index (χ1n) is 8.77. The number of hydrogen-bond donors (Lipinski definition) is 0. The SMILES string of the molecule is O=[N+]([O-])c1ccc(N=Cc2cc(Cl)c(Oc3ccc(C(F)(F)F)cc3[N+](=O)[O-])c(Cl)c2)cc1. The smallest absolute Gasteiger partial charge is 0.416 e. The standard InChI is InChI=1S/C20H10Cl2F3N3O5/c21-15-7-11(10-26-13-2-4-14(5-3-13)27(29)30)8-16(22)19(15)33-18-6-1-12(20(23,24)25)9-17(18)28(31)32/h1-10H. The van der Waals surface area contributed by atoms with Gasteiger partial charge in [-0.15, -0.1) is 0 Å². The van der Waals surface area contributed by atoms with Crippen LogP contribution in [-0.4, -0.2) is 16.1 Å². The van der Waals surface area contributed by atoms with E-state index in [1.807, 2.05) is 0 Å². The summed E-state index contributed by atoms with van der Waals surface area (Å²) in [7, 11) is 0. The lowest BCUT2D eigenvalue weighted by Gasteiger charge is -2.12. The molecule has 0 aliphatic heterocycles. The van der Waals surface area contributed by atoms with Crippen molar-refractivity contribution in [1.82, 2.24) is 0 Å². The average molecular weight is 500 g/mol. The maximum atomic E-state index is 12.9. The summed E-state index contributed by atoms with van der Waals surface area (Å²) in [5, 5.41) is 21.8. The Labute approximate surface area is 193 Å². The van der Waals surface area contributed by atoms with Crippen molar-refractivity contribution in [2.75, 3.05) is 0 Å². The average Bonchev–Trinajstić information content (AvgIpc) is 2.74. The summed E-state index contributed by atoms with van der Waals surface area (Å²) >= 11 is 12.3. The Bertz CT molecular complexity index is 1240. The fraction of sp³-hybridized carbons (Fsp3) is 0.0500. The molecule has 0 fully saturated rings. The molecule has 13 heteroatoms. The van der Waals surface area contributed by atoms with E-state index in [2.05, 4.69) is 4.99 Å². The zero-order valence-electron chi connectivity index (χ0n) is 16.0. The van der Waals surface area contributed by atoms with Crippen LogP contribution in [0, 0.1) is 20.2 Å². The first kappa shape index (κ1) is 24.0. The molecular formula is C20H10Cl2F3N3O5. The quantitative estimate of drug-likeness (QED) is 0.200. The van der Waals surface area contributed by atoms with Crippen LogP contribution in [0.1, 0.15) is 11.1 Å². The predicted molar refractivity (Wildman–Crippen MR) is 115 cm³/mol. The van der Waals surface area contributed by atoms with Crippen molar-refractivity contribution in [3.63, 3.8) is 0 Å². The topological polar surface area (TPSA) is 108 Å². The van der Waals surface area contributed by atoms with Crippen LogP contribution in [0.2, 0.25) is 10.0 Å². The third-order valence-electron chi connectivity index (χ3n) is 4.14. The van der Waals surface area contributed by atoms with Crippen LogP contribution in [-0.2, 0) is 6.18 Å². The molecule has 3 rings (SSSR count). The molecular weight excluding hydrogens is 490 g/mol. The molecule has 0 aliphatic rings. The largest absolute Gasteiger partial charge is 0.447 e. The number of nitrogens with zero attached hydrogens (tertiary/aromatic N) is 3. The monoisotopic (exact) mass is 499 g/mol. The van der Waals surface area contributed by atoms with Gasteiger partial charge in [-0.25, -0.2) is 0 Å². The van der Waals surface area contributed by atoms with Crippen molar-refractivity contribution in [2.45, 2.75) is 6.18 Å². The van der Waals surface area contributed by atoms with Crippen LogP contribution >= 0.6 is 23.2 Å². The summed E-state index contributed by atoms with van der Waals surface area (Å²) < 4.78 is 44.0. The van der Waals surface area contributed by atoms with Crippen molar-refractivity contribution in [3.05, 3.63) is 96.0 Å². The van der Waals surface area contributed by atoms with Gasteiger partial charge in [0.25, 0.3) is 5.69 Å². The summed E-state index contributed by atoms with van der Waals surface area (Å²) in [5.41, 5.74) is -1.41. The molecule has 170 valence electrons. The van der Waals surface area contributed by atoms with Crippen molar-refractivity contribution < 1.29 is 27.8 Å². The number of non-ortho nitro benzene ring substituents is 1. The van der Waals surface area contributed by atoms with E-state index in [0.717, 1.165) is 6.07 Å². The fourth-order valence-corrected chi connectivity index (χ4v) is 3.17. The molecule has 0 spiro atoms. The summed E-state index contributed by atoms with van der Waals surface area (Å²) in [6.07, 6.45) is -3.41. The van der Waals surface area contributed by atoms with E-state index in [4.69, 9.17) is 27.9 Å². The zero-order valence-corrected chi connectivity index (χ0v) is 17.6. The highest BCUT2D eigenvalue weighted by Crippen LogP contribution is 2.42. The van der Waals surface area contributed by atoms with Crippen molar-refractivity contribution in [3.8, 4) is 11.5 Å². The van der Waals surface area contributed by atoms with Gasteiger partial charge in [0.05, 0.1) is 31.1 Å². The number of rotatable bonds is 6. The molecule has 0 atom stereocenters. The van der Waals surface area contributed by atoms with Crippen LogP contribution in [0.15, 0.2) is 59.6 Å². The van der Waals surface area contributed by atoms with E-state index in [-0.39, 0.29) is 21.5 Å². The van der Waals surface area contributed by atoms with Gasteiger partial charge in [0.15, 0.2) is 5.75 Å². The van der Waals surface area contributed by atoms with Gasteiger partial charge in [-0.05, 0) is 42.0 Å². The molecule has 8 nitrogen and oxygen atoms in total. The predicted octanol–water partition coefficient (Wildman–Crippen LogP) is 7.37. The normalized spacial score (nSPS) is 11.5. The van der Waals surface area contributed by atoms with Crippen LogP contribution in [0.4, 0.5) is 30.2 Å². The summed E-state index contributed by atoms with van der Waals surface area (Å²) in [6.45, 7) is 0. The van der Waals surface area contributed by atoms with E-state index in [1.165, 1.54) is 42.6 Å².